The lowest BCUT2D eigenvalue weighted by Crippen LogP contribution is -2.40. The molecule has 0 aromatic heterocycles. The second-order valence-electron chi connectivity index (χ2n) is 14.2. The molecule has 2 saturated carbocycles. The highest BCUT2D eigenvalue weighted by Gasteiger charge is 2.43. The van der Waals surface area contributed by atoms with Gasteiger partial charge in [-0.1, -0.05) is 148 Å². The van der Waals surface area contributed by atoms with Crippen LogP contribution in [0, 0.1) is 11.8 Å². The quantitative estimate of drug-likeness (QED) is 0.163. The van der Waals surface area contributed by atoms with Gasteiger partial charge in [0.15, 0.2) is 0 Å². The molecule has 0 spiro atoms. The zero-order chi connectivity index (χ0) is 32.3. The number of rotatable bonds is 8. The lowest BCUT2D eigenvalue weighted by Gasteiger charge is -2.49. The lowest BCUT2D eigenvalue weighted by atomic mass is 9.56. The van der Waals surface area contributed by atoms with Gasteiger partial charge in [-0.3, -0.25) is 0 Å². The highest BCUT2D eigenvalue weighted by atomic mass is 15.1. The van der Waals surface area contributed by atoms with Gasteiger partial charge in [0, 0.05) is 17.1 Å². The number of fused-ring (bicyclic) bond motifs is 2. The van der Waals surface area contributed by atoms with Crippen molar-refractivity contribution in [2.75, 3.05) is 4.90 Å². The molecule has 238 valence electrons. The second kappa shape index (κ2) is 13.3. The monoisotopic (exact) mass is 623 g/mol. The molecule has 3 atom stereocenters. The molecule has 2 bridgehead atoms. The molecular weight excluding hydrogens is 579 g/mol. The largest absolute Gasteiger partial charge is 0.311 e. The third-order valence-electron chi connectivity index (χ3n) is 11.3. The first-order chi connectivity index (χ1) is 23.7. The molecule has 2 aliphatic rings. The number of anilines is 3. The van der Waals surface area contributed by atoms with Crippen molar-refractivity contribution in [3.63, 3.8) is 0 Å². The van der Waals surface area contributed by atoms with E-state index >= 15 is 0 Å². The lowest BCUT2D eigenvalue weighted by molar-refractivity contribution is 0.100. The van der Waals surface area contributed by atoms with E-state index in [1.54, 1.807) is 5.56 Å². The second-order valence-corrected chi connectivity index (χ2v) is 14.2. The van der Waals surface area contributed by atoms with Gasteiger partial charge in [-0.05, 0) is 118 Å². The Hall–Kier alpha value is -4.88. The summed E-state index contributed by atoms with van der Waals surface area (Å²) in [5.74, 6) is 1.82. The van der Waals surface area contributed by atoms with Gasteiger partial charge in [0.25, 0.3) is 0 Å². The van der Waals surface area contributed by atoms with E-state index in [-0.39, 0.29) is 0 Å². The fourth-order valence-corrected chi connectivity index (χ4v) is 8.80. The van der Waals surface area contributed by atoms with Crippen LogP contribution in [0.4, 0.5) is 17.1 Å². The summed E-state index contributed by atoms with van der Waals surface area (Å²) in [6.45, 7) is 2.40. The molecule has 3 unspecified atom stereocenters. The Kier molecular flexibility index (Phi) is 8.45. The minimum absolute atomic E-state index is 0.400. The van der Waals surface area contributed by atoms with Crippen LogP contribution in [0.1, 0.15) is 57.4 Å². The predicted molar refractivity (Wildman–Crippen MR) is 204 cm³/mol. The minimum Gasteiger partial charge on any atom is -0.311 e. The molecule has 1 heteroatoms. The first-order valence-electron chi connectivity index (χ1n) is 18.0. The van der Waals surface area contributed by atoms with E-state index in [0.717, 1.165) is 28.9 Å². The van der Waals surface area contributed by atoms with Crippen LogP contribution in [0.15, 0.2) is 158 Å². The van der Waals surface area contributed by atoms with Crippen molar-refractivity contribution in [2.24, 2.45) is 11.8 Å². The summed E-state index contributed by atoms with van der Waals surface area (Å²) in [6, 6.07) is 57.9. The van der Waals surface area contributed by atoms with Crippen molar-refractivity contribution < 1.29 is 0 Å². The van der Waals surface area contributed by atoms with E-state index in [4.69, 9.17) is 0 Å². The summed E-state index contributed by atoms with van der Waals surface area (Å²) in [6.07, 6.45) is 9.75. The molecule has 1 nitrogen and oxygen atoms in total. The number of nitrogens with zero attached hydrogens (tertiary/aromatic N) is 1. The third kappa shape index (κ3) is 6.11. The smallest absolute Gasteiger partial charge is 0.0462 e. The molecule has 48 heavy (non-hydrogen) atoms. The number of hydrogen-bond donors (Lipinski definition) is 0. The van der Waals surface area contributed by atoms with Crippen LogP contribution in [-0.4, -0.2) is 0 Å². The fraction of sp³-hybridized carbons (Fsp3) is 0.234. The van der Waals surface area contributed by atoms with E-state index in [0.29, 0.717) is 5.41 Å². The zero-order valence-electron chi connectivity index (χ0n) is 28.1. The van der Waals surface area contributed by atoms with Crippen LogP contribution in [-0.2, 0) is 5.41 Å². The maximum atomic E-state index is 2.46. The van der Waals surface area contributed by atoms with Gasteiger partial charge in [-0.15, -0.1) is 0 Å². The summed E-state index contributed by atoms with van der Waals surface area (Å²) >= 11 is 0. The van der Waals surface area contributed by atoms with Gasteiger partial charge in [-0.25, -0.2) is 0 Å². The Morgan fingerprint density at radius 2 is 0.917 bits per heavy atom. The van der Waals surface area contributed by atoms with Gasteiger partial charge in [0.1, 0.15) is 0 Å². The molecule has 0 aliphatic heterocycles. The van der Waals surface area contributed by atoms with E-state index in [1.165, 1.54) is 78.3 Å². The average Bonchev–Trinajstić information content (AvgIpc) is 3.16. The third-order valence-corrected chi connectivity index (χ3v) is 11.3. The molecule has 6 aromatic rings. The average molecular weight is 624 g/mol. The van der Waals surface area contributed by atoms with Crippen molar-refractivity contribution >= 4 is 17.1 Å². The number of benzene rings is 6. The molecule has 0 amide bonds. The summed E-state index contributed by atoms with van der Waals surface area (Å²) < 4.78 is 0. The van der Waals surface area contributed by atoms with Gasteiger partial charge in [0.2, 0.25) is 0 Å². The number of hydrogen-bond acceptors (Lipinski definition) is 1. The van der Waals surface area contributed by atoms with Crippen molar-refractivity contribution in [3.8, 4) is 33.4 Å². The summed E-state index contributed by atoms with van der Waals surface area (Å²) in [5, 5.41) is 0. The Morgan fingerprint density at radius 1 is 0.500 bits per heavy atom. The molecule has 6 aromatic carbocycles. The summed E-state index contributed by atoms with van der Waals surface area (Å²) in [7, 11) is 0. The molecule has 0 radical (unpaired) electrons. The normalized spacial score (nSPS) is 20.3. The summed E-state index contributed by atoms with van der Waals surface area (Å²) in [4.78, 5) is 2.36. The topological polar surface area (TPSA) is 3.24 Å². The maximum absolute atomic E-state index is 2.46. The van der Waals surface area contributed by atoms with Gasteiger partial charge in [-0.2, -0.15) is 0 Å². The van der Waals surface area contributed by atoms with Crippen molar-refractivity contribution in [2.45, 2.75) is 57.3 Å². The first-order valence-corrected chi connectivity index (χ1v) is 18.0. The molecule has 0 saturated heterocycles. The van der Waals surface area contributed by atoms with E-state index in [2.05, 4.69) is 170 Å². The molecule has 0 heterocycles. The van der Waals surface area contributed by atoms with Crippen LogP contribution in [0.2, 0.25) is 0 Å². The standard InChI is InChI=1S/C47H45N/c1-2-35-32-36-10-9-31-47(33-35,34-36)43-23-15-39(16-24-43)42-21-29-46(30-22-42)48(44-25-17-40(18-26-44)37-11-5-3-6-12-37)45-27-19-41(20-28-45)38-13-7-4-8-14-38/h3-8,11-30,35-36H,2,9-10,31-34H2,1H3. The van der Waals surface area contributed by atoms with E-state index in [1.807, 2.05) is 0 Å². The highest BCUT2D eigenvalue weighted by Crippen LogP contribution is 2.53. The van der Waals surface area contributed by atoms with Crippen molar-refractivity contribution in [1.82, 2.24) is 0 Å². The molecule has 2 fully saturated rings. The molecular formula is C47H45N. The highest BCUT2D eigenvalue weighted by molar-refractivity contribution is 5.81. The Balaban J connectivity index is 1.09. The maximum Gasteiger partial charge on any atom is 0.0462 e. The Bertz CT molecular complexity index is 1840. The molecule has 8 rings (SSSR count). The van der Waals surface area contributed by atoms with Crippen LogP contribution < -0.4 is 4.90 Å². The van der Waals surface area contributed by atoms with Crippen LogP contribution in [0.3, 0.4) is 0 Å². The van der Waals surface area contributed by atoms with Crippen LogP contribution in [0.25, 0.3) is 33.4 Å². The van der Waals surface area contributed by atoms with Gasteiger partial charge < -0.3 is 4.90 Å². The van der Waals surface area contributed by atoms with Crippen LogP contribution in [0.5, 0.6) is 0 Å². The summed E-state index contributed by atoms with van der Waals surface area (Å²) in [5.41, 5.74) is 12.9. The Morgan fingerprint density at radius 3 is 1.35 bits per heavy atom. The van der Waals surface area contributed by atoms with Gasteiger partial charge >= 0.3 is 0 Å². The first kappa shape index (κ1) is 30.5. The molecule has 0 N–H and O–H groups in total. The predicted octanol–water partition coefficient (Wildman–Crippen LogP) is 13.4. The van der Waals surface area contributed by atoms with E-state index < -0.39 is 0 Å². The SMILES string of the molecule is CCC1CC2CCCC(c3ccc(-c4ccc(N(c5ccc(-c6ccccc6)cc5)c5ccc(-c6ccccc6)cc5)cc4)cc3)(C1)C2. The Labute approximate surface area is 286 Å². The van der Waals surface area contributed by atoms with Crippen molar-refractivity contribution in [3.05, 3.63) is 163 Å². The van der Waals surface area contributed by atoms with Crippen LogP contribution >= 0.6 is 0 Å². The fourth-order valence-electron chi connectivity index (χ4n) is 8.80. The molecule has 2 aliphatic carbocycles. The van der Waals surface area contributed by atoms with Gasteiger partial charge in [0.05, 0.1) is 0 Å². The minimum atomic E-state index is 0.400. The van der Waals surface area contributed by atoms with E-state index in [9.17, 15) is 0 Å². The zero-order valence-corrected chi connectivity index (χ0v) is 28.1. The van der Waals surface area contributed by atoms with Crippen molar-refractivity contribution in [1.29, 1.82) is 0 Å².